The Bertz CT molecular complexity index is 1530. The molecule has 0 spiro atoms. The van der Waals surface area contributed by atoms with Crippen LogP contribution in [0.3, 0.4) is 0 Å². The van der Waals surface area contributed by atoms with E-state index in [0.717, 1.165) is 50.7 Å². The Morgan fingerprint density at radius 1 is 0.714 bits per heavy atom. The lowest BCUT2D eigenvalue weighted by molar-refractivity contribution is 0.0688. The minimum Gasteiger partial charge on any atom is -0.478 e. The predicted octanol–water partition coefficient (Wildman–Crippen LogP) is 11.4. The van der Waals surface area contributed by atoms with E-state index in [1.165, 1.54) is 5.57 Å². The second-order valence-corrected chi connectivity index (χ2v) is 26.5. The molecule has 0 aromatic heterocycles. The van der Waals surface area contributed by atoms with Gasteiger partial charge in [0.25, 0.3) is 0 Å². The van der Waals surface area contributed by atoms with Crippen LogP contribution in [0.5, 0.6) is 0 Å². The molecule has 6 rings (SSSR count). The Morgan fingerprint density at radius 3 is 1.69 bits per heavy atom. The van der Waals surface area contributed by atoms with Crippen molar-refractivity contribution in [3.63, 3.8) is 0 Å². The van der Waals surface area contributed by atoms with E-state index in [0.29, 0.717) is 18.7 Å². The zero-order chi connectivity index (χ0) is 32.4. The van der Waals surface area contributed by atoms with Crippen molar-refractivity contribution in [2.24, 2.45) is 0 Å². The number of hydrogen-bond donors (Lipinski definition) is 1. The molecule has 1 radical (unpaired) electrons. The van der Waals surface area contributed by atoms with Crippen LogP contribution in [0.15, 0.2) is 45.4 Å². The van der Waals surface area contributed by atoms with Gasteiger partial charge in [0.2, 0.25) is 0 Å². The molecule has 4 aliphatic heterocycles. The van der Waals surface area contributed by atoms with Crippen molar-refractivity contribution in [2.75, 3.05) is 19.6 Å². The number of nitrogens with zero attached hydrogens (tertiary/aromatic N) is 1. The van der Waals surface area contributed by atoms with Gasteiger partial charge in [-0.15, -0.1) is 94.1 Å². The third kappa shape index (κ3) is 5.84. The molecule has 5 aliphatic rings. The molecule has 0 unspecified atom stereocenters. The molecule has 4 heterocycles. The van der Waals surface area contributed by atoms with E-state index in [1.54, 1.807) is 70.6 Å². The van der Waals surface area contributed by atoms with Crippen molar-refractivity contribution in [3.8, 4) is 0 Å². The van der Waals surface area contributed by atoms with E-state index in [1.807, 2.05) is 42.3 Å². The second kappa shape index (κ2) is 11.1. The summed E-state index contributed by atoms with van der Waals surface area (Å²) in [4.78, 5) is 21.9. The normalized spacial score (nSPS) is 26.9. The Morgan fingerprint density at radius 2 is 1.17 bits per heavy atom. The fraction of sp³-hybridized carbons (Fsp3) is 0.548. The molecule has 0 amide bonds. The molecule has 0 saturated carbocycles. The van der Waals surface area contributed by atoms with Crippen LogP contribution in [0.25, 0.3) is 6.08 Å². The number of hydrogen-bond acceptors (Lipinski definition) is 10. The quantitative estimate of drug-likeness (QED) is 0.306. The lowest BCUT2D eigenvalue weighted by Gasteiger charge is -2.29. The van der Waals surface area contributed by atoms with Crippen molar-refractivity contribution in [2.45, 2.75) is 105 Å². The number of likely N-dealkylation sites (N-methyl/N-ethyl adjacent to an activating group) is 1. The van der Waals surface area contributed by atoms with E-state index >= 15 is 0 Å². The topological polar surface area (TPSA) is 40.5 Å². The highest BCUT2D eigenvalue weighted by atomic mass is 32.2. The summed E-state index contributed by atoms with van der Waals surface area (Å²) in [6, 6.07) is 0. The van der Waals surface area contributed by atoms with Gasteiger partial charge in [-0.3, -0.25) is 4.90 Å². The van der Waals surface area contributed by atoms with Gasteiger partial charge in [0.05, 0.1) is 27.1 Å². The minimum atomic E-state index is -1.61. The average molecular weight is 715 g/mol. The maximum absolute atomic E-state index is 12.8. The van der Waals surface area contributed by atoms with E-state index in [-0.39, 0.29) is 16.3 Å². The highest BCUT2D eigenvalue weighted by Crippen LogP contribution is 2.72. The van der Waals surface area contributed by atoms with E-state index in [2.05, 4.69) is 61.5 Å². The third-order valence-corrected chi connectivity index (χ3v) is 18.4. The number of rotatable bonds is 6. The Hall–Kier alpha value is 0.670. The zero-order valence-corrected chi connectivity index (χ0v) is 32.1. The third-order valence-electron chi connectivity index (χ3n) is 7.03. The Kier molecular flexibility index (Phi) is 7.96. The first-order chi connectivity index (χ1) is 20.2. The van der Waals surface area contributed by atoms with Crippen LogP contribution < -0.4 is 0 Å². The van der Waals surface area contributed by atoms with Gasteiger partial charge >= 0.3 is 5.97 Å². The number of fused-ring (bicyclic) bond motifs is 3. The number of carboxylic acids is 1. The van der Waals surface area contributed by atoms with Crippen LogP contribution in [0.1, 0.15) is 87.9 Å². The van der Waals surface area contributed by atoms with Crippen molar-refractivity contribution >= 4 is 106 Å². The smallest absolute Gasteiger partial charge is 0.338 e. The number of aromatic carboxylic acids is 1. The molecule has 42 heavy (non-hydrogen) atoms. The molecular formula is C31H38NO2S8. The lowest BCUT2D eigenvalue weighted by atomic mass is 9.97. The molecular weight excluding hydrogens is 675 g/mol. The van der Waals surface area contributed by atoms with Gasteiger partial charge in [-0.1, -0.05) is 13.8 Å². The zero-order valence-electron chi connectivity index (χ0n) is 27.6. The van der Waals surface area contributed by atoms with Crippen LogP contribution >= 0.6 is 94.1 Å². The van der Waals surface area contributed by atoms with Crippen LogP contribution in [-0.2, 0) is 0 Å². The van der Waals surface area contributed by atoms with Gasteiger partial charge in [0, 0.05) is 49.1 Å². The monoisotopic (exact) mass is 714 g/mol. The molecule has 1 saturated heterocycles. The van der Waals surface area contributed by atoms with Gasteiger partial charge in [0.15, 0.2) is 0 Å². The average Bonchev–Trinajstić information content (AvgIpc) is 3.55. The molecule has 0 atom stereocenters. The van der Waals surface area contributed by atoms with Crippen molar-refractivity contribution in [1.82, 2.24) is 4.90 Å². The van der Waals surface area contributed by atoms with Gasteiger partial charge < -0.3 is 5.11 Å². The standard InChI is InChI=1S/C31H38NO2S8/c1-11-32(12-2)14-17-23-19(35-28(3,4)39-23)15(20-24(17)40-29(5,6)36-20)13-16-21-25(41-30(7,8)37-21)18(27(33)34)26-22(16)38-31(9,10)42-26/h13H,11-12,14H2,1-10H3,(H,33,34)/i14D2. The highest BCUT2D eigenvalue weighted by molar-refractivity contribution is 8.27. The highest BCUT2D eigenvalue weighted by Gasteiger charge is 2.50. The summed E-state index contributed by atoms with van der Waals surface area (Å²) in [5.41, 5.74) is 3.57. The second-order valence-electron chi connectivity index (χ2n) is 12.4. The Balaban J connectivity index is 1.65. The fourth-order valence-electron chi connectivity index (χ4n) is 5.44. The summed E-state index contributed by atoms with van der Waals surface area (Å²) in [6.07, 6.45) is 2.35. The molecule has 1 fully saturated rings. The van der Waals surface area contributed by atoms with Crippen LogP contribution in [0.4, 0.5) is 0 Å². The maximum Gasteiger partial charge on any atom is 0.338 e. The molecule has 3 nitrogen and oxygen atoms in total. The minimum absolute atomic E-state index is 0.144. The SMILES string of the molecule is [2H]C([2H])(C1=C2SC(C)(C)S[C]2C(=Cc2c3c(c(C(=O)O)c4c2SC(C)(C)S4)SC(C)(C)S3)C2=C1SC(C)(C)S2)N(CC)CC. The number of thioether (sulfide) groups is 8. The molecule has 0 bridgehead atoms. The summed E-state index contributed by atoms with van der Waals surface area (Å²) < 4.78 is 18.4. The van der Waals surface area contributed by atoms with Crippen LogP contribution in [-0.4, -0.2) is 51.9 Å². The predicted molar refractivity (Wildman–Crippen MR) is 197 cm³/mol. The largest absolute Gasteiger partial charge is 0.478 e. The van der Waals surface area contributed by atoms with Gasteiger partial charge in [-0.25, -0.2) is 4.79 Å². The van der Waals surface area contributed by atoms with Crippen molar-refractivity contribution < 1.29 is 12.6 Å². The van der Waals surface area contributed by atoms with Crippen molar-refractivity contribution in [3.05, 3.63) is 42.2 Å². The Labute approximate surface area is 288 Å². The molecule has 1 aromatic rings. The van der Waals surface area contributed by atoms with Gasteiger partial charge in [0.1, 0.15) is 0 Å². The number of allylic oxidation sites excluding steroid dienone is 1. The van der Waals surface area contributed by atoms with E-state index in [4.69, 9.17) is 0 Å². The first-order valence-corrected chi connectivity index (χ1v) is 20.6. The summed E-state index contributed by atoms with van der Waals surface area (Å²) in [5.74, 6) is -0.854. The molecule has 1 aliphatic carbocycles. The maximum atomic E-state index is 12.8. The first kappa shape index (κ1) is 30.0. The molecule has 227 valence electrons. The van der Waals surface area contributed by atoms with E-state index < -0.39 is 12.5 Å². The van der Waals surface area contributed by atoms with Crippen LogP contribution in [0, 0.1) is 5.25 Å². The van der Waals surface area contributed by atoms with Gasteiger partial charge in [-0.2, -0.15) is 0 Å². The van der Waals surface area contributed by atoms with Crippen molar-refractivity contribution in [1.29, 1.82) is 0 Å². The number of carbonyl (C=O) groups is 1. The first-order valence-electron chi connectivity index (χ1n) is 15.0. The summed E-state index contributed by atoms with van der Waals surface area (Å²) in [7, 11) is 0. The van der Waals surface area contributed by atoms with Gasteiger partial charge in [-0.05, 0) is 85.7 Å². The summed E-state index contributed by atoms with van der Waals surface area (Å²) >= 11 is 14.2. The van der Waals surface area contributed by atoms with Crippen LogP contribution in [0.2, 0.25) is 0 Å². The molecule has 11 heteroatoms. The molecule has 1 N–H and O–H groups in total. The number of benzene rings is 1. The summed E-state index contributed by atoms with van der Waals surface area (Å²) in [6.45, 7) is 21.4. The van der Waals surface area contributed by atoms with E-state index in [9.17, 15) is 12.6 Å². The summed E-state index contributed by atoms with van der Waals surface area (Å²) in [5, 5.41) is 11.6. The lowest BCUT2D eigenvalue weighted by Crippen LogP contribution is -2.27. The fourth-order valence-corrected chi connectivity index (χ4v) is 17.1. The molecule has 1 aromatic carbocycles. The number of carboxylic acid groups (broad SMARTS) is 1.